The second-order valence-corrected chi connectivity index (χ2v) is 5.24. The summed E-state index contributed by atoms with van der Waals surface area (Å²) in [5.74, 6) is -0.879. The molecule has 2 rings (SSSR count). The van der Waals surface area contributed by atoms with Crippen LogP contribution in [-0.2, 0) is 4.79 Å². The highest BCUT2D eigenvalue weighted by molar-refractivity contribution is 6.33. The molecule has 4 nitrogen and oxygen atoms in total. The Balaban J connectivity index is 2.07. The Hall–Kier alpha value is -1.55. The number of amides is 1. The molecule has 0 aliphatic carbocycles. The predicted molar refractivity (Wildman–Crippen MR) is 72.3 cm³/mol. The third-order valence-electron chi connectivity index (χ3n) is 3.37. The molecule has 102 valence electrons. The number of halogens is 1. The van der Waals surface area contributed by atoms with E-state index in [1.54, 1.807) is 29.2 Å². The quantitative estimate of drug-likeness (QED) is 0.927. The number of aliphatic carboxylic acids is 1. The standard InChI is InChI=1S/C14H16ClNO3/c15-12-6-2-1-5-11(12)14(19)16-7-3-4-10(9-16)8-13(17)18/h1-2,5-6,10H,3-4,7-9H2,(H,17,18). The minimum atomic E-state index is -0.808. The van der Waals surface area contributed by atoms with Crippen LogP contribution in [0.25, 0.3) is 0 Å². The molecule has 1 aliphatic heterocycles. The highest BCUT2D eigenvalue weighted by Crippen LogP contribution is 2.23. The number of hydrogen-bond donors (Lipinski definition) is 1. The summed E-state index contributed by atoms with van der Waals surface area (Å²) in [6.45, 7) is 1.16. The maximum absolute atomic E-state index is 12.3. The predicted octanol–water partition coefficient (Wildman–Crippen LogP) is 2.67. The summed E-state index contributed by atoms with van der Waals surface area (Å²) in [5.41, 5.74) is 0.486. The van der Waals surface area contributed by atoms with Gasteiger partial charge < -0.3 is 10.0 Å². The second kappa shape index (κ2) is 6.06. The van der Waals surface area contributed by atoms with Crippen molar-refractivity contribution >= 4 is 23.5 Å². The van der Waals surface area contributed by atoms with Crippen LogP contribution in [0.15, 0.2) is 24.3 Å². The van der Waals surface area contributed by atoms with Gasteiger partial charge >= 0.3 is 5.97 Å². The van der Waals surface area contributed by atoms with Gasteiger partial charge in [-0.2, -0.15) is 0 Å². The number of hydrogen-bond acceptors (Lipinski definition) is 2. The number of carboxylic acids is 1. The first-order chi connectivity index (χ1) is 9.08. The molecular weight excluding hydrogens is 266 g/mol. The molecule has 5 heteroatoms. The van der Waals surface area contributed by atoms with Gasteiger partial charge in [0.1, 0.15) is 0 Å². The third kappa shape index (κ3) is 3.47. The van der Waals surface area contributed by atoms with Crippen molar-refractivity contribution < 1.29 is 14.7 Å². The zero-order chi connectivity index (χ0) is 13.8. The van der Waals surface area contributed by atoms with E-state index in [0.717, 1.165) is 12.8 Å². The van der Waals surface area contributed by atoms with Gasteiger partial charge in [-0.15, -0.1) is 0 Å². The van der Waals surface area contributed by atoms with Crippen LogP contribution in [0.3, 0.4) is 0 Å². The molecule has 1 unspecified atom stereocenters. The maximum atomic E-state index is 12.3. The molecule has 1 fully saturated rings. The van der Waals surface area contributed by atoms with Gasteiger partial charge in [-0.3, -0.25) is 9.59 Å². The molecule has 0 saturated carbocycles. The monoisotopic (exact) mass is 281 g/mol. The van der Waals surface area contributed by atoms with Gasteiger partial charge in [-0.1, -0.05) is 23.7 Å². The minimum absolute atomic E-state index is 0.0395. The van der Waals surface area contributed by atoms with Crippen LogP contribution in [0.2, 0.25) is 5.02 Å². The Morgan fingerprint density at radius 2 is 2.11 bits per heavy atom. The lowest BCUT2D eigenvalue weighted by molar-refractivity contribution is -0.138. The summed E-state index contributed by atoms with van der Waals surface area (Å²) < 4.78 is 0. The number of carboxylic acid groups (broad SMARTS) is 1. The number of piperidine rings is 1. The number of likely N-dealkylation sites (tertiary alicyclic amines) is 1. The molecule has 1 aliphatic rings. The highest BCUT2D eigenvalue weighted by atomic mass is 35.5. The van der Waals surface area contributed by atoms with Crippen molar-refractivity contribution in [2.24, 2.45) is 5.92 Å². The lowest BCUT2D eigenvalue weighted by Crippen LogP contribution is -2.40. The smallest absolute Gasteiger partial charge is 0.303 e. The summed E-state index contributed by atoms with van der Waals surface area (Å²) in [6, 6.07) is 6.94. The first kappa shape index (κ1) is 13.9. The molecule has 1 saturated heterocycles. The summed E-state index contributed by atoms with van der Waals surface area (Å²) in [7, 11) is 0. The Labute approximate surface area is 117 Å². The molecule has 0 aromatic heterocycles. The van der Waals surface area contributed by atoms with Crippen molar-refractivity contribution in [3.05, 3.63) is 34.9 Å². The van der Waals surface area contributed by atoms with Gasteiger partial charge in [0.15, 0.2) is 0 Å². The van der Waals surface area contributed by atoms with Crippen LogP contribution in [0.5, 0.6) is 0 Å². The van der Waals surface area contributed by atoms with Gasteiger partial charge in [-0.05, 0) is 30.9 Å². The average molecular weight is 282 g/mol. The molecule has 0 spiro atoms. The van der Waals surface area contributed by atoms with E-state index in [1.807, 2.05) is 0 Å². The summed E-state index contributed by atoms with van der Waals surface area (Å²) in [4.78, 5) is 24.8. The fourth-order valence-corrected chi connectivity index (χ4v) is 2.68. The average Bonchev–Trinajstić information content (AvgIpc) is 2.38. The number of rotatable bonds is 3. The molecule has 1 aromatic carbocycles. The van der Waals surface area contributed by atoms with Crippen molar-refractivity contribution in [2.75, 3.05) is 13.1 Å². The van der Waals surface area contributed by atoms with Crippen LogP contribution in [0.1, 0.15) is 29.6 Å². The Bertz CT molecular complexity index is 489. The van der Waals surface area contributed by atoms with Crippen LogP contribution < -0.4 is 0 Å². The van der Waals surface area contributed by atoms with Gasteiger partial charge in [0, 0.05) is 19.5 Å². The van der Waals surface area contributed by atoms with Gasteiger partial charge in [0.25, 0.3) is 5.91 Å². The lowest BCUT2D eigenvalue weighted by atomic mass is 9.94. The fraction of sp³-hybridized carbons (Fsp3) is 0.429. The van der Waals surface area contributed by atoms with Crippen LogP contribution in [-0.4, -0.2) is 35.0 Å². The largest absolute Gasteiger partial charge is 0.481 e. The van der Waals surface area contributed by atoms with Gasteiger partial charge in [0.2, 0.25) is 0 Å². The number of nitrogens with zero attached hydrogens (tertiary/aromatic N) is 1. The fourth-order valence-electron chi connectivity index (χ4n) is 2.47. The van der Waals surface area contributed by atoms with Crippen molar-refractivity contribution in [2.45, 2.75) is 19.3 Å². The molecule has 1 aromatic rings. The van der Waals surface area contributed by atoms with E-state index in [2.05, 4.69) is 0 Å². The summed E-state index contributed by atoms with van der Waals surface area (Å²) >= 11 is 6.02. The van der Waals surface area contributed by atoms with Crippen LogP contribution in [0.4, 0.5) is 0 Å². The molecule has 1 atom stereocenters. The molecule has 0 bridgehead atoms. The van der Waals surface area contributed by atoms with Gasteiger partial charge in [-0.25, -0.2) is 0 Å². The number of carbonyl (C=O) groups excluding carboxylic acids is 1. The number of carbonyl (C=O) groups is 2. The van der Waals surface area contributed by atoms with Crippen LogP contribution in [0, 0.1) is 5.92 Å². The topological polar surface area (TPSA) is 57.6 Å². The third-order valence-corrected chi connectivity index (χ3v) is 3.70. The summed E-state index contributed by atoms with van der Waals surface area (Å²) in [6.07, 6.45) is 1.82. The molecule has 1 N–H and O–H groups in total. The lowest BCUT2D eigenvalue weighted by Gasteiger charge is -2.32. The zero-order valence-electron chi connectivity index (χ0n) is 10.5. The van der Waals surface area contributed by atoms with Crippen LogP contribution >= 0.6 is 11.6 Å². The van der Waals surface area contributed by atoms with E-state index in [-0.39, 0.29) is 18.2 Å². The van der Waals surface area contributed by atoms with E-state index in [4.69, 9.17) is 16.7 Å². The van der Waals surface area contributed by atoms with E-state index < -0.39 is 5.97 Å². The van der Waals surface area contributed by atoms with E-state index in [9.17, 15) is 9.59 Å². The molecule has 0 radical (unpaired) electrons. The summed E-state index contributed by atoms with van der Waals surface area (Å²) in [5, 5.41) is 9.27. The number of benzene rings is 1. The molecule has 19 heavy (non-hydrogen) atoms. The Kier molecular flexibility index (Phi) is 4.43. The van der Waals surface area contributed by atoms with Crippen molar-refractivity contribution in [1.29, 1.82) is 0 Å². The first-order valence-electron chi connectivity index (χ1n) is 6.33. The molecular formula is C14H16ClNO3. The van der Waals surface area contributed by atoms with E-state index in [1.165, 1.54) is 0 Å². The van der Waals surface area contributed by atoms with Crippen molar-refractivity contribution in [1.82, 2.24) is 4.90 Å². The minimum Gasteiger partial charge on any atom is -0.481 e. The molecule has 1 heterocycles. The highest BCUT2D eigenvalue weighted by Gasteiger charge is 2.26. The SMILES string of the molecule is O=C(O)CC1CCCN(C(=O)c2ccccc2Cl)C1. The Morgan fingerprint density at radius 1 is 1.37 bits per heavy atom. The molecule has 1 amide bonds. The van der Waals surface area contributed by atoms with E-state index >= 15 is 0 Å². The second-order valence-electron chi connectivity index (χ2n) is 4.84. The Morgan fingerprint density at radius 3 is 2.79 bits per heavy atom. The van der Waals surface area contributed by atoms with Gasteiger partial charge in [0.05, 0.1) is 10.6 Å². The zero-order valence-corrected chi connectivity index (χ0v) is 11.3. The van der Waals surface area contributed by atoms with Crippen molar-refractivity contribution in [3.63, 3.8) is 0 Å². The normalized spacial score (nSPS) is 19.2. The van der Waals surface area contributed by atoms with E-state index in [0.29, 0.717) is 23.7 Å². The first-order valence-corrected chi connectivity index (χ1v) is 6.71. The van der Waals surface area contributed by atoms with Crippen molar-refractivity contribution in [3.8, 4) is 0 Å². The maximum Gasteiger partial charge on any atom is 0.303 e.